The van der Waals surface area contributed by atoms with E-state index in [4.69, 9.17) is 10.5 Å². The number of nitrogens with zero attached hydrogens (tertiary/aromatic N) is 2. The summed E-state index contributed by atoms with van der Waals surface area (Å²) in [6, 6.07) is 1.75. The second kappa shape index (κ2) is 5.04. The molecule has 0 aliphatic heterocycles. The summed E-state index contributed by atoms with van der Waals surface area (Å²) in [6.07, 6.45) is 0. The molecule has 13 heavy (non-hydrogen) atoms. The molecule has 1 aromatic rings. The van der Waals surface area contributed by atoms with E-state index in [0.29, 0.717) is 12.4 Å². The molecule has 0 radical (unpaired) electrons. The Morgan fingerprint density at radius 2 is 2.31 bits per heavy atom. The normalized spacial score (nSPS) is 10.3. The van der Waals surface area contributed by atoms with Gasteiger partial charge in [0, 0.05) is 24.6 Å². The number of nitrogen functional groups attached to an aromatic ring is 1. The van der Waals surface area contributed by atoms with Crippen LogP contribution in [0.15, 0.2) is 11.2 Å². The minimum absolute atomic E-state index is 0.521. The van der Waals surface area contributed by atoms with Crippen LogP contribution < -0.4 is 5.73 Å². The number of aryl methyl sites for hydroxylation is 1. The maximum absolute atomic E-state index is 5.57. The van der Waals surface area contributed by atoms with Crippen LogP contribution in [0.3, 0.4) is 0 Å². The first-order valence-corrected chi connectivity index (χ1v) is 4.94. The zero-order chi connectivity index (χ0) is 9.68. The van der Waals surface area contributed by atoms with Crippen LogP contribution in [-0.4, -0.2) is 29.4 Å². The number of thioether (sulfide) groups is 1. The van der Waals surface area contributed by atoms with Crippen LogP contribution in [0.1, 0.15) is 5.69 Å². The van der Waals surface area contributed by atoms with Gasteiger partial charge >= 0.3 is 0 Å². The molecule has 1 aromatic heterocycles. The van der Waals surface area contributed by atoms with Gasteiger partial charge in [0.15, 0.2) is 5.16 Å². The lowest BCUT2D eigenvalue weighted by atomic mass is 10.4. The largest absolute Gasteiger partial charge is 0.384 e. The third-order valence-corrected chi connectivity index (χ3v) is 2.18. The number of methoxy groups -OCH3 is 1. The molecule has 72 valence electrons. The van der Waals surface area contributed by atoms with Crippen molar-refractivity contribution < 1.29 is 4.74 Å². The molecular formula is C8H13N3OS. The number of nitrogens with two attached hydrogens (primary N) is 1. The third-order valence-electron chi connectivity index (χ3n) is 1.37. The lowest BCUT2D eigenvalue weighted by molar-refractivity contribution is 0.218. The predicted octanol–water partition coefficient (Wildman–Crippen LogP) is 1.11. The maximum atomic E-state index is 5.57. The predicted molar refractivity (Wildman–Crippen MR) is 53.8 cm³/mol. The summed E-state index contributed by atoms with van der Waals surface area (Å²) < 4.78 is 4.92. The molecule has 0 saturated carbocycles. The average molecular weight is 199 g/mol. The Hall–Kier alpha value is -0.810. The molecule has 0 atom stereocenters. The van der Waals surface area contributed by atoms with Crippen LogP contribution in [0.5, 0.6) is 0 Å². The van der Waals surface area contributed by atoms with Gasteiger partial charge in [0.2, 0.25) is 0 Å². The fraction of sp³-hybridized carbons (Fsp3) is 0.500. The Morgan fingerprint density at radius 3 is 2.92 bits per heavy atom. The molecule has 0 bridgehead atoms. The summed E-state index contributed by atoms with van der Waals surface area (Å²) in [5.41, 5.74) is 6.46. The first-order chi connectivity index (χ1) is 6.22. The highest BCUT2D eigenvalue weighted by Gasteiger charge is 1.99. The average Bonchev–Trinajstić information content (AvgIpc) is 2.03. The van der Waals surface area contributed by atoms with E-state index >= 15 is 0 Å². The number of hydrogen-bond acceptors (Lipinski definition) is 5. The van der Waals surface area contributed by atoms with E-state index in [1.165, 1.54) is 0 Å². The van der Waals surface area contributed by atoms with E-state index in [9.17, 15) is 0 Å². The smallest absolute Gasteiger partial charge is 0.189 e. The molecule has 0 fully saturated rings. The highest BCUT2D eigenvalue weighted by molar-refractivity contribution is 7.99. The maximum Gasteiger partial charge on any atom is 0.189 e. The fourth-order valence-electron chi connectivity index (χ4n) is 0.846. The summed E-state index contributed by atoms with van der Waals surface area (Å²) in [4.78, 5) is 8.30. The topological polar surface area (TPSA) is 61.0 Å². The van der Waals surface area contributed by atoms with Crippen molar-refractivity contribution in [3.05, 3.63) is 11.8 Å². The molecule has 0 spiro atoms. The lowest BCUT2D eigenvalue weighted by Gasteiger charge is -2.01. The fourth-order valence-corrected chi connectivity index (χ4v) is 1.66. The summed E-state index contributed by atoms with van der Waals surface area (Å²) >= 11 is 1.55. The van der Waals surface area contributed by atoms with Crippen molar-refractivity contribution >= 4 is 17.6 Å². The quantitative estimate of drug-likeness (QED) is 0.447. The van der Waals surface area contributed by atoms with Gasteiger partial charge in [-0.15, -0.1) is 0 Å². The van der Waals surface area contributed by atoms with Crippen molar-refractivity contribution in [1.82, 2.24) is 9.97 Å². The molecule has 0 unspecified atom stereocenters. The molecule has 1 heterocycles. The van der Waals surface area contributed by atoms with Crippen molar-refractivity contribution in [3.8, 4) is 0 Å². The van der Waals surface area contributed by atoms with E-state index in [2.05, 4.69) is 9.97 Å². The lowest BCUT2D eigenvalue weighted by Crippen LogP contribution is -1.98. The van der Waals surface area contributed by atoms with Crippen LogP contribution in [0.2, 0.25) is 0 Å². The minimum atomic E-state index is 0.521. The zero-order valence-electron chi connectivity index (χ0n) is 7.78. The van der Waals surface area contributed by atoms with E-state index in [0.717, 1.165) is 16.6 Å². The number of anilines is 1. The van der Waals surface area contributed by atoms with E-state index in [1.807, 2.05) is 6.92 Å². The van der Waals surface area contributed by atoms with Crippen LogP contribution in [-0.2, 0) is 4.74 Å². The first-order valence-electron chi connectivity index (χ1n) is 3.95. The molecule has 4 nitrogen and oxygen atoms in total. The van der Waals surface area contributed by atoms with Gasteiger partial charge < -0.3 is 10.5 Å². The van der Waals surface area contributed by atoms with Crippen LogP contribution in [0.25, 0.3) is 0 Å². The molecule has 0 saturated heterocycles. The molecule has 0 aromatic carbocycles. The third kappa shape index (κ3) is 3.61. The van der Waals surface area contributed by atoms with Gasteiger partial charge in [-0.1, -0.05) is 11.8 Å². The van der Waals surface area contributed by atoms with E-state index < -0.39 is 0 Å². The second-order valence-corrected chi connectivity index (χ2v) is 3.62. The molecule has 0 amide bonds. The highest BCUT2D eigenvalue weighted by atomic mass is 32.2. The van der Waals surface area contributed by atoms with Crippen LogP contribution in [0.4, 0.5) is 5.82 Å². The Balaban J connectivity index is 2.56. The Morgan fingerprint density at radius 1 is 1.54 bits per heavy atom. The van der Waals surface area contributed by atoms with Gasteiger partial charge in [-0.2, -0.15) is 0 Å². The van der Waals surface area contributed by atoms with Crippen molar-refractivity contribution in [1.29, 1.82) is 0 Å². The van der Waals surface area contributed by atoms with Gasteiger partial charge in [-0.05, 0) is 6.92 Å². The van der Waals surface area contributed by atoms with Gasteiger partial charge in [0.05, 0.1) is 6.61 Å². The Labute approximate surface area is 81.9 Å². The van der Waals surface area contributed by atoms with Crippen molar-refractivity contribution in [2.45, 2.75) is 12.1 Å². The molecule has 0 aliphatic carbocycles. The van der Waals surface area contributed by atoms with Crippen LogP contribution in [0, 0.1) is 6.92 Å². The Kier molecular flexibility index (Phi) is 3.98. The van der Waals surface area contributed by atoms with Crippen LogP contribution >= 0.6 is 11.8 Å². The van der Waals surface area contributed by atoms with Crippen molar-refractivity contribution in [3.63, 3.8) is 0 Å². The van der Waals surface area contributed by atoms with Crippen molar-refractivity contribution in [2.75, 3.05) is 25.2 Å². The van der Waals surface area contributed by atoms with Gasteiger partial charge in [0.25, 0.3) is 0 Å². The molecule has 0 aliphatic rings. The number of ether oxygens (including phenoxy) is 1. The molecule has 1 rings (SSSR count). The summed E-state index contributed by atoms with van der Waals surface area (Å²) in [6.45, 7) is 2.60. The number of hydrogen-bond donors (Lipinski definition) is 1. The monoisotopic (exact) mass is 199 g/mol. The number of rotatable bonds is 4. The van der Waals surface area contributed by atoms with E-state index in [-0.39, 0.29) is 0 Å². The van der Waals surface area contributed by atoms with Gasteiger partial charge in [-0.3, -0.25) is 0 Å². The molecule has 5 heteroatoms. The zero-order valence-corrected chi connectivity index (χ0v) is 8.60. The first kappa shape index (κ1) is 10.3. The van der Waals surface area contributed by atoms with Gasteiger partial charge in [0.1, 0.15) is 5.82 Å². The second-order valence-electron chi connectivity index (χ2n) is 2.56. The van der Waals surface area contributed by atoms with Gasteiger partial charge in [-0.25, -0.2) is 9.97 Å². The SMILES string of the molecule is COCCSc1nc(C)cc(N)n1. The highest BCUT2D eigenvalue weighted by Crippen LogP contribution is 2.14. The van der Waals surface area contributed by atoms with E-state index in [1.54, 1.807) is 24.9 Å². The summed E-state index contributed by atoms with van der Waals surface area (Å²) in [5, 5.41) is 0.717. The molecule has 2 N–H and O–H groups in total. The molecular weight excluding hydrogens is 186 g/mol. The standard InChI is InChI=1S/C8H13N3OS/c1-6-5-7(9)11-8(10-6)13-4-3-12-2/h5H,3-4H2,1-2H3,(H2,9,10,11). The summed E-state index contributed by atoms with van der Waals surface area (Å²) in [7, 11) is 1.67. The minimum Gasteiger partial charge on any atom is -0.384 e. The summed E-state index contributed by atoms with van der Waals surface area (Å²) in [5.74, 6) is 1.37. The van der Waals surface area contributed by atoms with Crippen molar-refractivity contribution in [2.24, 2.45) is 0 Å². The number of aromatic nitrogens is 2. The Bertz CT molecular complexity index is 260.